The van der Waals surface area contributed by atoms with Crippen molar-refractivity contribution in [1.29, 1.82) is 0 Å². The number of nitrogens with one attached hydrogen (secondary N) is 4. The summed E-state index contributed by atoms with van der Waals surface area (Å²) in [6.07, 6.45) is 7.35. The zero-order chi connectivity index (χ0) is 23.7. The second kappa shape index (κ2) is 8.62. The molecule has 0 fully saturated rings. The van der Waals surface area contributed by atoms with Crippen LogP contribution in [0.3, 0.4) is 0 Å². The molecule has 8 nitrogen and oxygen atoms in total. The van der Waals surface area contributed by atoms with E-state index in [2.05, 4.69) is 45.1 Å². The van der Waals surface area contributed by atoms with E-state index in [0.717, 1.165) is 22.4 Å². The fraction of sp³-hybridized carbons (Fsp3) is 0.231. The van der Waals surface area contributed by atoms with Gasteiger partial charge in [-0.1, -0.05) is 19.9 Å². The number of hydrogen-bond donors (Lipinski definition) is 4. The molecule has 1 aromatic carbocycles. The van der Waals surface area contributed by atoms with Crippen molar-refractivity contribution < 1.29 is 9.59 Å². The number of aromatic nitrogens is 2. The molecule has 0 atom stereocenters. The minimum absolute atomic E-state index is 0.126. The second-order valence-electron chi connectivity index (χ2n) is 9.08. The Labute approximate surface area is 197 Å². The van der Waals surface area contributed by atoms with Gasteiger partial charge in [0.2, 0.25) is 0 Å². The van der Waals surface area contributed by atoms with Crippen molar-refractivity contribution in [3.05, 3.63) is 88.5 Å². The number of hydrogen-bond acceptors (Lipinski definition) is 6. The summed E-state index contributed by atoms with van der Waals surface area (Å²) < 4.78 is 0. The van der Waals surface area contributed by atoms with Gasteiger partial charge in [0.25, 0.3) is 11.8 Å². The van der Waals surface area contributed by atoms with Crippen LogP contribution in [-0.2, 0) is 18.5 Å². The average Bonchev–Trinajstić information content (AvgIpc) is 2.85. The quantitative estimate of drug-likeness (QED) is 0.470. The van der Waals surface area contributed by atoms with E-state index >= 15 is 0 Å². The highest BCUT2D eigenvalue weighted by Crippen LogP contribution is 2.31. The number of anilines is 2. The largest absolute Gasteiger partial charge is 0.385 e. The number of carbonyl (C=O) groups is 2. The molecule has 172 valence electrons. The number of rotatable bonds is 5. The van der Waals surface area contributed by atoms with Gasteiger partial charge in [0, 0.05) is 47.7 Å². The van der Waals surface area contributed by atoms with E-state index in [1.165, 1.54) is 0 Å². The lowest BCUT2D eigenvalue weighted by Gasteiger charge is -2.32. The summed E-state index contributed by atoms with van der Waals surface area (Å²) in [6, 6.07) is 10.9. The molecule has 2 amide bonds. The first-order chi connectivity index (χ1) is 16.4. The SMILES string of the molecule is CC1(C)CNC(=O)c2cc(NC(=O)c3cccnc3NCc3ccnc4c3C=CNC4)ccc21. The molecule has 0 radical (unpaired) electrons. The Balaban J connectivity index is 1.35. The van der Waals surface area contributed by atoms with Gasteiger partial charge in [0.15, 0.2) is 0 Å². The van der Waals surface area contributed by atoms with E-state index < -0.39 is 0 Å². The lowest BCUT2D eigenvalue weighted by molar-refractivity contribution is 0.0928. The fourth-order valence-corrected chi connectivity index (χ4v) is 4.36. The van der Waals surface area contributed by atoms with Gasteiger partial charge in [-0.15, -0.1) is 0 Å². The Morgan fingerprint density at radius 1 is 1.15 bits per heavy atom. The maximum atomic E-state index is 13.1. The van der Waals surface area contributed by atoms with Gasteiger partial charge in [-0.2, -0.15) is 0 Å². The number of pyridine rings is 2. The summed E-state index contributed by atoms with van der Waals surface area (Å²) in [6.45, 7) is 5.95. The Bertz CT molecular complexity index is 1310. The van der Waals surface area contributed by atoms with E-state index in [1.807, 2.05) is 30.5 Å². The second-order valence-corrected chi connectivity index (χ2v) is 9.08. The molecule has 4 N–H and O–H groups in total. The van der Waals surface area contributed by atoms with E-state index in [0.29, 0.717) is 42.3 Å². The van der Waals surface area contributed by atoms with Crippen molar-refractivity contribution in [2.45, 2.75) is 32.4 Å². The van der Waals surface area contributed by atoms with Crippen molar-refractivity contribution in [2.75, 3.05) is 17.2 Å². The monoisotopic (exact) mass is 454 g/mol. The predicted molar refractivity (Wildman–Crippen MR) is 131 cm³/mol. The van der Waals surface area contributed by atoms with E-state index in [4.69, 9.17) is 0 Å². The first-order valence-corrected chi connectivity index (χ1v) is 11.2. The maximum Gasteiger partial charge on any atom is 0.259 e. The van der Waals surface area contributed by atoms with Crippen molar-refractivity contribution in [1.82, 2.24) is 20.6 Å². The number of nitrogens with zero attached hydrogens (tertiary/aromatic N) is 2. The molecule has 0 aliphatic carbocycles. The molecular weight excluding hydrogens is 428 g/mol. The summed E-state index contributed by atoms with van der Waals surface area (Å²) in [5.41, 5.74) is 5.52. The molecule has 0 unspecified atom stereocenters. The first-order valence-electron chi connectivity index (χ1n) is 11.2. The van der Waals surface area contributed by atoms with Crippen LogP contribution in [0.4, 0.5) is 11.5 Å². The fourth-order valence-electron chi connectivity index (χ4n) is 4.36. The van der Waals surface area contributed by atoms with Gasteiger partial charge in [-0.25, -0.2) is 4.98 Å². The van der Waals surface area contributed by atoms with Crippen LogP contribution in [0, 0.1) is 0 Å². The third-order valence-corrected chi connectivity index (χ3v) is 6.24. The average molecular weight is 455 g/mol. The Kier molecular flexibility index (Phi) is 5.49. The van der Waals surface area contributed by atoms with Crippen LogP contribution >= 0.6 is 0 Å². The molecule has 0 bridgehead atoms. The molecule has 0 saturated heterocycles. The number of benzene rings is 1. The predicted octanol–water partition coefficient (Wildman–Crippen LogP) is 3.44. The number of fused-ring (bicyclic) bond motifs is 2. The van der Waals surface area contributed by atoms with Crippen molar-refractivity contribution in [2.24, 2.45) is 0 Å². The summed E-state index contributed by atoms with van der Waals surface area (Å²) in [4.78, 5) is 34.3. The van der Waals surface area contributed by atoms with Gasteiger partial charge in [-0.3, -0.25) is 14.6 Å². The summed E-state index contributed by atoms with van der Waals surface area (Å²) in [7, 11) is 0. The minimum Gasteiger partial charge on any atom is -0.385 e. The standard InChI is InChI=1S/C26H26N6O2/c1-26(2)15-31-24(33)20-12-17(5-6-21(20)26)32-25(34)19-4-3-9-29-23(19)30-13-16-7-11-28-22-14-27-10-8-18(16)22/h3-12,27H,13-15H2,1-2H3,(H,29,30)(H,31,33)(H,32,34). The van der Waals surface area contributed by atoms with Crippen LogP contribution < -0.4 is 21.3 Å². The molecule has 0 saturated carbocycles. The van der Waals surface area contributed by atoms with Gasteiger partial charge < -0.3 is 21.3 Å². The molecule has 8 heteroatoms. The molecular formula is C26H26N6O2. The maximum absolute atomic E-state index is 13.1. The highest BCUT2D eigenvalue weighted by Gasteiger charge is 2.31. The van der Waals surface area contributed by atoms with Crippen LogP contribution in [0.2, 0.25) is 0 Å². The highest BCUT2D eigenvalue weighted by atomic mass is 16.2. The molecule has 2 aromatic heterocycles. The number of amides is 2. The Morgan fingerprint density at radius 2 is 2.03 bits per heavy atom. The first kappa shape index (κ1) is 21.6. The van der Waals surface area contributed by atoms with Crippen molar-refractivity contribution in [3.63, 3.8) is 0 Å². The third-order valence-electron chi connectivity index (χ3n) is 6.24. The van der Waals surface area contributed by atoms with E-state index in [9.17, 15) is 9.59 Å². The van der Waals surface area contributed by atoms with Crippen LogP contribution in [-0.4, -0.2) is 28.3 Å². The Morgan fingerprint density at radius 3 is 2.91 bits per heavy atom. The van der Waals surface area contributed by atoms with Gasteiger partial charge in [0.1, 0.15) is 5.82 Å². The molecule has 5 rings (SSSR count). The van der Waals surface area contributed by atoms with Gasteiger partial charge in [0.05, 0.1) is 17.8 Å². The van der Waals surface area contributed by atoms with Gasteiger partial charge >= 0.3 is 0 Å². The summed E-state index contributed by atoms with van der Waals surface area (Å²) in [5.74, 6) is 0.0614. The van der Waals surface area contributed by atoms with Gasteiger partial charge in [-0.05, 0) is 53.7 Å². The van der Waals surface area contributed by atoms with Crippen LogP contribution in [0.1, 0.15) is 56.9 Å². The molecule has 2 aliphatic rings. The molecule has 4 heterocycles. The lowest BCUT2D eigenvalue weighted by atomic mass is 9.79. The normalized spacial score (nSPS) is 15.4. The summed E-state index contributed by atoms with van der Waals surface area (Å²) in [5, 5.41) is 12.3. The molecule has 0 spiro atoms. The van der Waals surface area contributed by atoms with E-state index in [1.54, 1.807) is 30.6 Å². The Hall–Kier alpha value is -4.20. The third kappa shape index (κ3) is 4.10. The van der Waals surface area contributed by atoms with Crippen LogP contribution in [0.15, 0.2) is 55.0 Å². The topological polar surface area (TPSA) is 108 Å². The lowest BCUT2D eigenvalue weighted by Crippen LogP contribution is -2.43. The molecule has 2 aliphatic heterocycles. The highest BCUT2D eigenvalue weighted by molar-refractivity contribution is 6.08. The van der Waals surface area contributed by atoms with Crippen molar-refractivity contribution >= 4 is 29.4 Å². The molecule has 3 aromatic rings. The summed E-state index contributed by atoms with van der Waals surface area (Å²) >= 11 is 0. The molecule has 34 heavy (non-hydrogen) atoms. The zero-order valence-corrected chi connectivity index (χ0v) is 19.1. The minimum atomic E-state index is -0.299. The number of carbonyl (C=O) groups excluding carboxylic acids is 2. The van der Waals surface area contributed by atoms with Crippen molar-refractivity contribution in [3.8, 4) is 0 Å². The van der Waals surface area contributed by atoms with Crippen LogP contribution in [0.5, 0.6) is 0 Å². The van der Waals surface area contributed by atoms with E-state index in [-0.39, 0.29) is 17.2 Å². The smallest absolute Gasteiger partial charge is 0.259 e. The zero-order valence-electron chi connectivity index (χ0n) is 19.1. The van der Waals surface area contributed by atoms with Crippen LogP contribution in [0.25, 0.3) is 6.08 Å².